The van der Waals surface area contributed by atoms with Crippen LogP contribution in [0.2, 0.25) is 5.02 Å². The lowest BCUT2D eigenvalue weighted by molar-refractivity contribution is -0.133. The van der Waals surface area contributed by atoms with Crippen LogP contribution in [0.15, 0.2) is 30.3 Å². The molecule has 0 bridgehead atoms. The molecule has 0 spiro atoms. The fourth-order valence-corrected chi connectivity index (χ4v) is 5.38. The molecule has 0 radical (unpaired) electrons. The third-order valence-corrected chi connectivity index (χ3v) is 6.85. The van der Waals surface area contributed by atoms with Crippen molar-refractivity contribution in [3.05, 3.63) is 52.3 Å². The van der Waals surface area contributed by atoms with Crippen LogP contribution < -0.4 is 15.8 Å². The number of Topliss-reactive ketones (excluding diaryl/α,β-unsaturated/α-hetero) is 1. The third kappa shape index (κ3) is 3.31. The number of halogens is 1. The van der Waals surface area contributed by atoms with Gasteiger partial charge in [0.1, 0.15) is 5.78 Å². The second-order valence-corrected chi connectivity index (χ2v) is 9.03. The van der Waals surface area contributed by atoms with Crippen LogP contribution in [-0.2, 0) is 9.59 Å². The van der Waals surface area contributed by atoms with Crippen LogP contribution in [-0.4, -0.2) is 34.4 Å². The topological polar surface area (TPSA) is 87.2 Å². The highest BCUT2D eigenvalue weighted by atomic mass is 35.5. The van der Waals surface area contributed by atoms with Crippen molar-refractivity contribution >= 4 is 29.2 Å². The Morgan fingerprint density at radius 2 is 1.80 bits per heavy atom. The van der Waals surface area contributed by atoms with E-state index in [9.17, 15) is 9.59 Å². The van der Waals surface area contributed by atoms with Gasteiger partial charge in [-0.25, -0.2) is 20.4 Å². The van der Waals surface area contributed by atoms with E-state index in [-0.39, 0.29) is 41.5 Å². The molecule has 30 heavy (non-hydrogen) atoms. The summed E-state index contributed by atoms with van der Waals surface area (Å²) in [4.78, 5) is 35.3. The van der Waals surface area contributed by atoms with Gasteiger partial charge in [-0.15, -0.1) is 0 Å². The van der Waals surface area contributed by atoms with E-state index in [0.29, 0.717) is 23.9 Å². The minimum Gasteiger partial charge on any atom is -0.299 e. The molecule has 2 N–H and O–H groups in total. The van der Waals surface area contributed by atoms with E-state index in [1.807, 2.05) is 44.2 Å². The number of nitrogens with one attached hydrogen (secondary N) is 2. The lowest BCUT2D eigenvalue weighted by atomic mass is 9.64. The van der Waals surface area contributed by atoms with Crippen molar-refractivity contribution in [2.75, 3.05) is 11.6 Å². The van der Waals surface area contributed by atoms with Gasteiger partial charge in [0, 0.05) is 35.3 Å². The molecule has 156 valence electrons. The number of carbonyl (C=O) groups excluding carboxylic acids is 2. The number of piperidine rings is 1. The highest BCUT2D eigenvalue weighted by Crippen LogP contribution is 2.45. The Hall–Kier alpha value is -2.35. The molecule has 5 unspecified atom stereocenters. The molecular formula is C22H24ClN5O2. The normalized spacial score (nSPS) is 30.9. The van der Waals surface area contributed by atoms with Gasteiger partial charge >= 0.3 is 0 Å². The minimum atomic E-state index is -0.327. The van der Waals surface area contributed by atoms with E-state index in [1.165, 1.54) is 5.01 Å². The van der Waals surface area contributed by atoms with Crippen LogP contribution in [0, 0.1) is 31.6 Å². The molecule has 1 amide bonds. The summed E-state index contributed by atoms with van der Waals surface area (Å²) >= 11 is 6.03. The molecule has 3 heterocycles. The smallest absolute Gasteiger partial charge is 0.250 e. The Bertz CT molecular complexity index is 991. The van der Waals surface area contributed by atoms with E-state index >= 15 is 0 Å². The summed E-state index contributed by atoms with van der Waals surface area (Å²) in [7, 11) is 0. The molecular weight excluding hydrogens is 402 g/mol. The number of carbonyl (C=O) groups is 2. The Balaban J connectivity index is 1.44. The van der Waals surface area contributed by atoms with Crippen molar-refractivity contribution in [3.63, 3.8) is 0 Å². The maximum absolute atomic E-state index is 13.4. The number of hydrogen-bond donors (Lipinski definition) is 2. The standard InChI is InChI=1S/C22H24ClN5O2/c1-11-7-12(2)26-22(25-11)28-21(30)19-16-8-14(13-3-5-15(23)6-4-13)9-18(29)17(16)10-24-20(19)27-28/h3-7,14,16-17,19-20,24,27H,8-10H2,1-2H3. The van der Waals surface area contributed by atoms with E-state index in [4.69, 9.17) is 11.6 Å². The average molecular weight is 426 g/mol. The maximum Gasteiger partial charge on any atom is 0.250 e. The van der Waals surface area contributed by atoms with Crippen LogP contribution in [0.5, 0.6) is 0 Å². The summed E-state index contributed by atoms with van der Waals surface area (Å²) in [6.07, 6.45) is 1.09. The maximum atomic E-state index is 13.4. The number of hydrazine groups is 1. The monoisotopic (exact) mass is 425 g/mol. The Kier molecular flexibility index (Phi) is 4.84. The Morgan fingerprint density at radius 1 is 1.10 bits per heavy atom. The van der Waals surface area contributed by atoms with Crippen molar-refractivity contribution in [1.82, 2.24) is 20.7 Å². The predicted molar refractivity (Wildman–Crippen MR) is 113 cm³/mol. The molecule has 3 fully saturated rings. The van der Waals surface area contributed by atoms with E-state index < -0.39 is 0 Å². The molecule has 1 saturated carbocycles. The second kappa shape index (κ2) is 7.41. The molecule has 7 nitrogen and oxygen atoms in total. The van der Waals surface area contributed by atoms with Gasteiger partial charge in [-0.05, 0) is 55.9 Å². The number of fused-ring (bicyclic) bond motifs is 3. The lowest BCUT2D eigenvalue weighted by Crippen LogP contribution is -2.57. The first kappa shape index (κ1) is 19.6. The van der Waals surface area contributed by atoms with Crippen molar-refractivity contribution in [3.8, 4) is 0 Å². The first-order chi connectivity index (χ1) is 14.4. The number of aromatic nitrogens is 2. The van der Waals surface area contributed by atoms with Gasteiger partial charge in [0.2, 0.25) is 11.9 Å². The molecule has 1 aromatic carbocycles. The van der Waals surface area contributed by atoms with Gasteiger partial charge in [-0.2, -0.15) is 0 Å². The molecule has 5 atom stereocenters. The van der Waals surface area contributed by atoms with Crippen molar-refractivity contribution < 1.29 is 9.59 Å². The van der Waals surface area contributed by atoms with Gasteiger partial charge in [0.25, 0.3) is 0 Å². The largest absolute Gasteiger partial charge is 0.299 e. The van der Waals surface area contributed by atoms with Crippen molar-refractivity contribution in [2.24, 2.45) is 17.8 Å². The number of rotatable bonds is 2. The van der Waals surface area contributed by atoms with Gasteiger partial charge in [0.05, 0.1) is 12.1 Å². The predicted octanol–water partition coefficient (Wildman–Crippen LogP) is 2.52. The highest BCUT2D eigenvalue weighted by Gasteiger charge is 2.54. The van der Waals surface area contributed by atoms with Crippen LogP contribution in [0.25, 0.3) is 0 Å². The zero-order valence-corrected chi connectivity index (χ0v) is 17.7. The Labute approximate surface area is 180 Å². The molecule has 1 aromatic heterocycles. The van der Waals surface area contributed by atoms with Crippen LogP contribution in [0.3, 0.4) is 0 Å². The number of nitrogens with zero attached hydrogens (tertiary/aromatic N) is 3. The zero-order valence-electron chi connectivity index (χ0n) is 16.9. The minimum absolute atomic E-state index is 0.0194. The third-order valence-electron chi connectivity index (χ3n) is 6.60. The highest BCUT2D eigenvalue weighted by molar-refractivity contribution is 6.30. The first-order valence-electron chi connectivity index (χ1n) is 10.3. The van der Waals surface area contributed by atoms with Crippen molar-refractivity contribution in [2.45, 2.75) is 38.8 Å². The zero-order chi connectivity index (χ0) is 21.0. The molecule has 3 aliphatic rings. The van der Waals surface area contributed by atoms with E-state index in [1.54, 1.807) is 0 Å². The van der Waals surface area contributed by atoms with Crippen LogP contribution in [0.1, 0.15) is 35.7 Å². The molecule has 1 aliphatic carbocycles. The average Bonchev–Trinajstić information content (AvgIpc) is 3.05. The SMILES string of the molecule is Cc1cc(C)nc(N2NC3NCC4C(=O)CC(c5ccc(Cl)cc5)CC4C3C2=O)n1. The molecule has 2 aliphatic heterocycles. The lowest BCUT2D eigenvalue weighted by Gasteiger charge is -2.43. The number of anilines is 1. The van der Waals surface area contributed by atoms with E-state index in [2.05, 4.69) is 20.7 Å². The summed E-state index contributed by atoms with van der Waals surface area (Å²) in [6, 6.07) is 9.58. The molecule has 5 rings (SSSR count). The summed E-state index contributed by atoms with van der Waals surface area (Å²) in [5.74, 6) is 0.139. The van der Waals surface area contributed by atoms with Crippen molar-refractivity contribution in [1.29, 1.82) is 0 Å². The number of hydrogen-bond acceptors (Lipinski definition) is 6. The van der Waals surface area contributed by atoms with Gasteiger partial charge in [-0.3, -0.25) is 14.9 Å². The number of ketones is 1. The number of aryl methyl sites for hydroxylation is 2. The first-order valence-corrected chi connectivity index (χ1v) is 10.7. The molecule has 2 saturated heterocycles. The summed E-state index contributed by atoms with van der Waals surface area (Å²) < 4.78 is 0. The summed E-state index contributed by atoms with van der Waals surface area (Å²) in [6.45, 7) is 4.35. The molecule has 2 aromatic rings. The van der Waals surface area contributed by atoms with Gasteiger partial charge in [0.15, 0.2) is 0 Å². The Morgan fingerprint density at radius 3 is 2.50 bits per heavy atom. The van der Waals surface area contributed by atoms with Crippen LogP contribution >= 0.6 is 11.6 Å². The van der Waals surface area contributed by atoms with E-state index in [0.717, 1.165) is 23.4 Å². The quantitative estimate of drug-likeness (QED) is 0.768. The van der Waals surface area contributed by atoms with Crippen LogP contribution in [0.4, 0.5) is 5.95 Å². The second-order valence-electron chi connectivity index (χ2n) is 8.59. The fraction of sp³-hybridized carbons (Fsp3) is 0.455. The number of benzene rings is 1. The van der Waals surface area contributed by atoms with Gasteiger partial charge < -0.3 is 0 Å². The summed E-state index contributed by atoms with van der Waals surface area (Å²) in [5, 5.41) is 5.50. The number of amides is 1. The van der Waals surface area contributed by atoms with Gasteiger partial charge in [-0.1, -0.05) is 23.7 Å². The fourth-order valence-electron chi connectivity index (χ4n) is 5.26. The molecule has 8 heteroatoms. The summed E-state index contributed by atoms with van der Waals surface area (Å²) in [5.41, 5.74) is 5.97.